The third-order valence-corrected chi connectivity index (χ3v) is 7.39. The summed E-state index contributed by atoms with van der Waals surface area (Å²) in [4.78, 5) is 25.8. The number of anilines is 2. The molecule has 0 fully saturated rings. The van der Waals surface area contributed by atoms with Crippen molar-refractivity contribution in [1.82, 2.24) is 4.31 Å². The summed E-state index contributed by atoms with van der Waals surface area (Å²) in [5.74, 6) is -0.452. The summed E-state index contributed by atoms with van der Waals surface area (Å²) in [7, 11) is -2.73. The first-order valence-electron chi connectivity index (χ1n) is 9.38. The van der Waals surface area contributed by atoms with Crippen LogP contribution >= 0.6 is 11.6 Å². The molecule has 2 aliphatic heterocycles. The van der Waals surface area contributed by atoms with Crippen molar-refractivity contribution in [3.8, 4) is 5.75 Å². The summed E-state index contributed by atoms with van der Waals surface area (Å²) in [6.45, 7) is -0.00460. The predicted octanol–water partition coefficient (Wildman–Crippen LogP) is 2.27. The van der Waals surface area contributed by atoms with Crippen molar-refractivity contribution in [3.63, 3.8) is 0 Å². The van der Waals surface area contributed by atoms with Gasteiger partial charge in [-0.3, -0.25) is 9.59 Å². The van der Waals surface area contributed by atoms with E-state index in [4.69, 9.17) is 16.3 Å². The number of rotatable bonds is 4. The molecule has 2 aliphatic rings. The Morgan fingerprint density at radius 1 is 1.30 bits per heavy atom. The van der Waals surface area contributed by atoms with Crippen molar-refractivity contribution in [1.29, 1.82) is 0 Å². The molecule has 0 radical (unpaired) electrons. The van der Waals surface area contributed by atoms with Crippen molar-refractivity contribution in [2.75, 3.05) is 37.0 Å². The Labute approximate surface area is 179 Å². The maximum absolute atomic E-state index is 13.1. The zero-order valence-electron chi connectivity index (χ0n) is 16.2. The summed E-state index contributed by atoms with van der Waals surface area (Å²) in [5, 5.41) is 2.51. The van der Waals surface area contributed by atoms with Crippen LogP contribution in [0, 0.1) is 0 Å². The zero-order chi connectivity index (χ0) is 21.5. The molecular weight excluding hydrogens is 430 g/mol. The molecule has 0 aromatic heterocycles. The number of benzene rings is 2. The number of fused-ring (bicyclic) bond motifs is 2. The molecule has 2 aromatic rings. The number of likely N-dealkylation sites (N-methyl/N-ethyl adjacent to an activating group) is 1. The lowest BCUT2D eigenvalue weighted by Crippen LogP contribution is -2.43. The Balaban J connectivity index is 1.57. The highest BCUT2D eigenvalue weighted by Crippen LogP contribution is 2.36. The minimum atomic E-state index is -4.07. The summed E-state index contributed by atoms with van der Waals surface area (Å²) in [6, 6.07) is 10.2. The van der Waals surface area contributed by atoms with Gasteiger partial charge in [-0.25, -0.2) is 8.42 Å². The number of aryl methyl sites for hydroxylation is 1. The molecule has 2 amide bonds. The van der Waals surface area contributed by atoms with Gasteiger partial charge in [-0.1, -0.05) is 29.8 Å². The first-order chi connectivity index (χ1) is 14.3. The molecule has 10 heteroatoms. The van der Waals surface area contributed by atoms with E-state index in [0.29, 0.717) is 12.2 Å². The van der Waals surface area contributed by atoms with Crippen LogP contribution in [0.1, 0.15) is 12.0 Å². The van der Waals surface area contributed by atoms with E-state index in [0.717, 1.165) is 28.4 Å². The highest BCUT2D eigenvalue weighted by Gasteiger charge is 2.31. The van der Waals surface area contributed by atoms with Crippen LogP contribution in [0.25, 0.3) is 0 Å². The van der Waals surface area contributed by atoms with Gasteiger partial charge in [0.05, 0.1) is 17.3 Å². The number of hydrogen-bond donors (Lipinski definition) is 1. The van der Waals surface area contributed by atoms with Gasteiger partial charge in [0.15, 0.2) is 6.61 Å². The van der Waals surface area contributed by atoms with E-state index >= 15 is 0 Å². The first kappa shape index (κ1) is 20.6. The molecule has 0 aliphatic carbocycles. The second kappa shape index (κ2) is 7.90. The van der Waals surface area contributed by atoms with Gasteiger partial charge in [-0.05, 0) is 30.5 Å². The monoisotopic (exact) mass is 449 g/mol. The smallest absolute Gasteiger partial charge is 0.262 e. The van der Waals surface area contributed by atoms with Crippen LogP contribution in [-0.4, -0.2) is 51.3 Å². The lowest BCUT2D eigenvalue weighted by Gasteiger charge is -2.31. The van der Waals surface area contributed by atoms with Crippen LogP contribution in [0.4, 0.5) is 11.4 Å². The van der Waals surface area contributed by atoms with Crippen molar-refractivity contribution in [3.05, 3.63) is 47.0 Å². The summed E-state index contributed by atoms with van der Waals surface area (Å²) in [6.07, 6.45) is 1.70. The summed E-state index contributed by atoms with van der Waals surface area (Å²) < 4.78 is 32.5. The van der Waals surface area contributed by atoms with Crippen LogP contribution in [-0.2, 0) is 26.0 Å². The number of carbonyl (C=O) groups excluding carboxylic acids is 2. The highest BCUT2D eigenvalue weighted by atomic mass is 35.5. The van der Waals surface area contributed by atoms with Crippen LogP contribution in [0.5, 0.6) is 5.75 Å². The van der Waals surface area contributed by atoms with Gasteiger partial charge in [0.1, 0.15) is 10.6 Å². The molecule has 2 heterocycles. The maximum Gasteiger partial charge on any atom is 0.262 e. The maximum atomic E-state index is 13.1. The number of carbonyl (C=O) groups is 2. The Bertz CT molecular complexity index is 1140. The molecule has 30 heavy (non-hydrogen) atoms. The standard InChI is InChI=1S/C20H20ClN3O5S/c1-23(11-20(26)24-8-4-6-13-5-2-3-7-16(13)24)30(27,28)18-10-17-15(9-14(18)21)22-19(25)12-29-17/h2-3,5,7,9-10H,4,6,8,11-12H2,1H3,(H,22,25). The second-order valence-electron chi connectivity index (χ2n) is 7.15. The minimum absolute atomic E-state index is 0.0674. The van der Waals surface area contributed by atoms with E-state index in [2.05, 4.69) is 5.32 Å². The highest BCUT2D eigenvalue weighted by molar-refractivity contribution is 7.89. The molecule has 0 saturated carbocycles. The molecule has 0 spiro atoms. The Morgan fingerprint density at radius 2 is 2.07 bits per heavy atom. The molecule has 4 rings (SSSR count). The van der Waals surface area contributed by atoms with Gasteiger partial charge in [0.25, 0.3) is 5.91 Å². The van der Waals surface area contributed by atoms with Crippen molar-refractivity contribution in [2.45, 2.75) is 17.7 Å². The van der Waals surface area contributed by atoms with E-state index in [1.165, 1.54) is 19.2 Å². The minimum Gasteiger partial charge on any atom is -0.482 e. The van der Waals surface area contributed by atoms with E-state index in [1.807, 2.05) is 24.3 Å². The first-order valence-corrected chi connectivity index (χ1v) is 11.2. The Morgan fingerprint density at radius 3 is 2.87 bits per heavy atom. The fourth-order valence-electron chi connectivity index (χ4n) is 3.60. The van der Waals surface area contributed by atoms with Gasteiger partial charge in [-0.2, -0.15) is 4.31 Å². The van der Waals surface area contributed by atoms with Crippen molar-refractivity contribution in [2.24, 2.45) is 0 Å². The SMILES string of the molecule is CN(CC(=O)N1CCCc2ccccc21)S(=O)(=O)c1cc2c(cc1Cl)NC(=O)CO2. The predicted molar refractivity (Wildman–Crippen MR) is 113 cm³/mol. The molecule has 8 nitrogen and oxygen atoms in total. The number of amides is 2. The van der Waals surface area contributed by atoms with E-state index in [9.17, 15) is 18.0 Å². The van der Waals surface area contributed by atoms with Crippen molar-refractivity contribution >= 4 is 44.8 Å². The van der Waals surface area contributed by atoms with Crippen LogP contribution in [0.15, 0.2) is 41.3 Å². The van der Waals surface area contributed by atoms with Gasteiger partial charge in [0, 0.05) is 25.3 Å². The molecule has 0 bridgehead atoms. The third kappa shape index (κ3) is 3.76. The van der Waals surface area contributed by atoms with Crippen LogP contribution < -0.4 is 15.0 Å². The van der Waals surface area contributed by atoms with E-state index in [-0.39, 0.29) is 40.6 Å². The Hall–Kier alpha value is -2.62. The lowest BCUT2D eigenvalue weighted by molar-refractivity contribution is -0.119. The van der Waals surface area contributed by atoms with Gasteiger partial charge in [-0.15, -0.1) is 0 Å². The number of nitrogens with one attached hydrogen (secondary N) is 1. The fraction of sp³-hybridized carbons (Fsp3) is 0.300. The molecule has 0 saturated heterocycles. The lowest BCUT2D eigenvalue weighted by atomic mass is 10.0. The number of para-hydroxylation sites is 1. The second-order valence-corrected chi connectivity index (χ2v) is 9.57. The normalized spacial score (nSPS) is 15.8. The summed E-state index contributed by atoms with van der Waals surface area (Å²) >= 11 is 6.18. The van der Waals surface area contributed by atoms with Crippen LogP contribution in [0.2, 0.25) is 5.02 Å². The zero-order valence-corrected chi connectivity index (χ0v) is 17.8. The van der Waals surface area contributed by atoms with Gasteiger partial charge in [0.2, 0.25) is 15.9 Å². The largest absolute Gasteiger partial charge is 0.482 e. The molecule has 2 aromatic carbocycles. The fourth-order valence-corrected chi connectivity index (χ4v) is 5.23. The topological polar surface area (TPSA) is 96.0 Å². The number of sulfonamides is 1. The Kier molecular flexibility index (Phi) is 5.44. The number of halogens is 1. The summed E-state index contributed by atoms with van der Waals surface area (Å²) in [5.41, 5.74) is 2.19. The molecule has 0 unspecified atom stereocenters. The quantitative estimate of drug-likeness (QED) is 0.772. The average Bonchev–Trinajstić information content (AvgIpc) is 2.72. The van der Waals surface area contributed by atoms with Crippen LogP contribution in [0.3, 0.4) is 0 Å². The average molecular weight is 450 g/mol. The number of hydrogen-bond acceptors (Lipinski definition) is 5. The molecule has 1 N–H and O–H groups in total. The van der Waals surface area contributed by atoms with Crippen molar-refractivity contribution < 1.29 is 22.7 Å². The van der Waals surface area contributed by atoms with E-state index < -0.39 is 10.0 Å². The van der Waals surface area contributed by atoms with Gasteiger partial charge >= 0.3 is 0 Å². The van der Waals surface area contributed by atoms with E-state index in [1.54, 1.807) is 4.90 Å². The third-order valence-electron chi connectivity index (χ3n) is 5.12. The molecule has 0 atom stereocenters. The molecular formula is C20H20ClN3O5S. The number of ether oxygens (including phenoxy) is 1. The molecule has 158 valence electrons. The van der Waals surface area contributed by atoms with Gasteiger partial charge < -0.3 is 15.0 Å². The number of nitrogens with zero attached hydrogens (tertiary/aromatic N) is 2.